The zero-order valence-corrected chi connectivity index (χ0v) is 12.6. The van der Waals surface area contributed by atoms with E-state index in [1.165, 1.54) is 14.2 Å². The molecule has 1 amide bonds. The van der Waals surface area contributed by atoms with Crippen molar-refractivity contribution in [1.82, 2.24) is 5.32 Å². The molecule has 0 saturated carbocycles. The number of hydrogen-bond acceptors (Lipinski definition) is 5. The van der Waals surface area contributed by atoms with Crippen molar-refractivity contribution < 1.29 is 19.1 Å². The Morgan fingerprint density at radius 1 is 1.19 bits per heavy atom. The lowest BCUT2D eigenvalue weighted by atomic mass is 10.2. The first-order chi connectivity index (χ1) is 9.97. The lowest BCUT2D eigenvalue weighted by molar-refractivity contribution is -0.135. The van der Waals surface area contributed by atoms with Crippen LogP contribution in [-0.2, 0) is 14.3 Å². The molecule has 6 heteroatoms. The number of hydrogen-bond donors (Lipinski definition) is 2. The summed E-state index contributed by atoms with van der Waals surface area (Å²) in [4.78, 5) is 23.5. The summed E-state index contributed by atoms with van der Waals surface area (Å²) in [7, 11) is 2.78. The van der Waals surface area contributed by atoms with E-state index in [-0.39, 0.29) is 11.7 Å². The van der Waals surface area contributed by atoms with Crippen molar-refractivity contribution in [3.05, 3.63) is 36.0 Å². The maximum absolute atomic E-state index is 12.1. The minimum atomic E-state index is -0.619. The van der Waals surface area contributed by atoms with Gasteiger partial charge in [0.25, 0.3) is 5.91 Å². The predicted octanol–water partition coefficient (Wildman–Crippen LogP) is 1.69. The van der Waals surface area contributed by atoms with Gasteiger partial charge >= 0.3 is 5.97 Å². The average Bonchev–Trinajstić information content (AvgIpc) is 2.46. The minimum absolute atomic E-state index is 0.0574. The number of benzene rings is 1. The highest BCUT2D eigenvalue weighted by atomic mass is 16.5. The number of rotatable bonds is 6. The van der Waals surface area contributed by atoms with Gasteiger partial charge in [0.05, 0.1) is 26.0 Å². The molecule has 0 saturated heterocycles. The Kier molecular flexibility index (Phi) is 6.26. The maximum Gasteiger partial charge on any atom is 0.332 e. The van der Waals surface area contributed by atoms with Gasteiger partial charge in [0.2, 0.25) is 0 Å². The molecule has 0 aliphatic rings. The second-order valence-electron chi connectivity index (χ2n) is 4.53. The summed E-state index contributed by atoms with van der Waals surface area (Å²) in [6.45, 7) is 3.66. The number of esters is 1. The van der Waals surface area contributed by atoms with Gasteiger partial charge in [0.15, 0.2) is 0 Å². The average molecular weight is 292 g/mol. The Bertz CT molecular complexity index is 538. The summed E-state index contributed by atoms with van der Waals surface area (Å²) in [6, 6.07) is 7.03. The van der Waals surface area contributed by atoms with Gasteiger partial charge in [-0.25, -0.2) is 4.79 Å². The van der Waals surface area contributed by atoms with Gasteiger partial charge in [-0.3, -0.25) is 4.79 Å². The number of carbonyl (C=O) groups is 2. The van der Waals surface area contributed by atoms with Crippen LogP contribution in [0, 0.1) is 0 Å². The predicted molar refractivity (Wildman–Crippen MR) is 80.0 cm³/mol. The monoisotopic (exact) mass is 292 g/mol. The van der Waals surface area contributed by atoms with E-state index >= 15 is 0 Å². The molecule has 21 heavy (non-hydrogen) atoms. The van der Waals surface area contributed by atoms with Crippen molar-refractivity contribution in [3.8, 4) is 5.75 Å². The molecular formula is C15H20N2O4. The number of nitrogens with one attached hydrogen (secondary N) is 2. The van der Waals surface area contributed by atoms with Crippen LogP contribution in [0.4, 0.5) is 5.69 Å². The summed E-state index contributed by atoms with van der Waals surface area (Å²) >= 11 is 0. The summed E-state index contributed by atoms with van der Waals surface area (Å²) in [6.07, 6.45) is 1.10. The van der Waals surface area contributed by atoms with E-state index in [9.17, 15) is 9.59 Å². The van der Waals surface area contributed by atoms with E-state index in [1.54, 1.807) is 18.2 Å². The maximum atomic E-state index is 12.1. The van der Waals surface area contributed by atoms with Crippen LogP contribution in [0.3, 0.4) is 0 Å². The first-order valence-corrected chi connectivity index (χ1v) is 6.48. The molecule has 0 aromatic heterocycles. The third-order valence-corrected chi connectivity index (χ3v) is 2.50. The smallest absolute Gasteiger partial charge is 0.332 e. The van der Waals surface area contributed by atoms with Gasteiger partial charge in [-0.15, -0.1) is 0 Å². The number of ether oxygens (including phenoxy) is 2. The van der Waals surface area contributed by atoms with E-state index in [0.29, 0.717) is 11.4 Å². The van der Waals surface area contributed by atoms with Crippen molar-refractivity contribution in [2.24, 2.45) is 0 Å². The standard InChI is InChI=1S/C15H20N2O4/c1-10(2)16-15(19)12(9-14(18)21-4)17-11-7-5-6-8-13(11)20-3/h5-10,17H,1-4H3,(H,16,19)/b12-9-. The van der Waals surface area contributed by atoms with Crippen molar-refractivity contribution >= 4 is 17.6 Å². The topological polar surface area (TPSA) is 76.7 Å². The number of methoxy groups -OCH3 is 2. The second kappa shape index (κ2) is 7.94. The largest absolute Gasteiger partial charge is 0.495 e. The Morgan fingerprint density at radius 2 is 1.86 bits per heavy atom. The van der Waals surface area contributed by atoms with Crippen LogP contribution >= 0.6 is 0 Å². The molecule has 1 aromatic rings. The van der Waals surface area contributed by atoms with Crippen LogP contribution in [0.1, 0.15) is 13.8 Å². The van der Waals surface area contributed by atoms with E-state index in [1.807, 2.05) is 19.9 Å². The lowest BCUT2D eigenvalue weighted by Crippen LogP contribution is -2.34. The highest BCUT2D eigenvalue weighted by molar-refractivity contribution is 6.02. The Hall–Kier alpha value is -2.50. The zero-order chi connectivity index (χ0) is 15.8. The van der Waals surface area contributed by atoms with Crippen LogP contribution < -0.4 is 15.4 Å². The Balaban J connectivity index is 3.05. The quantitative estimate of drug-likeness (QED) is 0.616. The minimum Gasteiger partial charge on any atom is -0.495 e. The van der Waals surface area contributed by atoms with Gasteiger partial charge in [-0.05, 0) is 26.0 Å². The third-order valence-electron chi connectivity index (χ3n) is 2.50. The molecule has 114 valence electrons. The number of carbonyl (C=O) groups excluding carboxylic acids is 2. The fourth-order valence-electron chi connectivity index (χ4n) is 1.57. The van der Waals surface area contributed by atoms with Crippen molar-refractivity contribution in [3.63, 3.8) is 0 Å². The van der Waals surface area contributed by atoms with Gasteiger partial charge in [0.1, 0.15) is 11.4 Å². The van der Waals surface area contributed by atoms with Crippen LogP contribution in [0.15, 0.2) is 36.0 Å². The molecule has 0 aliphatic carbocycles. The molecule has 1 aromatic carbocycles. The molecule has 1 rings (SSSR count). The number of amides is 1. The SMILES string of the molecule is COC(=O)/C=C(\Nc1ccccc1OC)C(=O)NC(C)C. The normalized spacial score (nSPS) is 11.0. The fraction of sp³-hybridized carbons (Fsp3) is 0.333. The van der Waals surface area contributed by atoms with Crippen molar-refractivity contribution in [2.75, 3.05) is 19.5 Å². The second-order valence-corrected chi connectivity index (χ2v) is 4.53. The van der Waals surface area contributed by atoms with E-state index < -0.39 is 11.9 Å². The summed E-state index contributed by atoms with van der Waals surface area (Å²) < 4.78 is 9.76. The molecule has 0 aliphatic heterocycles. The molecule has 0 bridgehead atoms. The highest BCUT2D eigenvalue weighted by Gasteiger charge is 2.15. The van der Waals surface area contributed by atoms with Crippen LogP contribution in [-0.4, -0.2) is 32.1 Å². The lowest BCUT2D eigenvalue weighted by Gasteiger charge is -2.15. The van der Waals surface area contributed by atoms with Gasteiger partial charge in [0, 0.05) is 6.04 Å². The number of para-hydroxylation sites is 2. The van der Waals surface area contributed by atoms with Crippen molar-refractivity contribution in [2.45, 2.75) is 19.9 Å². The van der Waals surface area contributed by atoms with Gasteiger partial charge < -0.3 is 20.1 Å². The molecule has 6 nitrogen and oxygen atoms in total. The summed E-state index contributed by atoms with van der Waals surface area (Å²) in [5.74, 6) is -0.460. The molecule has 0 heterocycles. The Labute approximate surface area is 124 Å². The van der Waals surface area contributed by atoms with Gasteiger partial charge in [-0.1, -0.05) is 12.1 Å². The Morgan fingerprint density at radius 3 is 2.43 bits per heavy atom. The molecule has 0 atom stereocenters. The van der Waals surface area contributed by atoms with Crippen LogP contribution in [0.2, 0.25) is 0 Å². The first-order valence-electron chi connectivity index (χ1n) is 6.48. The van der Waals surface area contributed by atoms with Crippen LogP contribution in [0.25, 0.3) is 0 Å². The zero-order valence-electron chi connectivity index (χ0n) is 12.6. The summed E-state index contributed by atoms with van der Waals surface area (Å²) in [5.41, 5.74) is 0.661. The fourth-order valence-corrected chi connectivity index (χ4v) is 1.57. The first kappa shape index (κ1) is 16.6. The summed E-state index contributed by atoms with van der Waals surface area (Å²) in [5, 5.41) is 5.60. The highest BCUT2D eigenvalue weighted by Crippen LogP contribution is 2.24. The van der Waals surface area contributed by atoms with E-state index in [2.05, 4.69) is 15.4 Å². The number of anilines is 1. The molecule has 0 spiro atoms. The third kappa shape index (κ3) is 5.18. The molecule has 0 radical (unpaired) electrons. The molecule has 0 fully saturated rings. The van der Waals surface area contributed by atoms with Crippen molar-refractivity contribution in [1.29, 1.82) is 0 Å². The van der Waals surface area contributed by atoms with Crippen LogP contribution in [0.5, 0.6) is 5.75 Å². The molecule has 0 unspecified atom stereocenters. The van der Waals surface area contributed by atoms with E-state index in [4.69, 9.17) is 4.74 Å². The molecular weight excluding hydrogens is 272 g/mol. The van der Waals surface area contributed by atoms with E-state index in [0.717, 1.165) is 6.08 Å². The van der Waals surface area contributed by atoms with Gasteiger partial charge in [-0.2, -0.15) is 0 Å². The molecule has 2 N–H and O–H groups in total.